The number of halogens is 1. The Hall–Kier alpha value is -0.570. The fourth-order valence-corrected chi connectivity index (χ4v) is 3.59. The summed E-state index contributed by atoms with van der Waals surface area (Å²) in [4.78, 5) is 2.66. The van der Waals surface area contributed by atoms with Gasteiger partial charge in [0.15, 0.2) is 0 Å². The van der Waals surface area contributed by atoms with Gasteiger partial charge in [0, 0.05) is 36.7 Å². The van der Waals surface area contributed by atoms with Crippen molar-refractivity contribution in [3.63, 3.8) is 0 Å². The Morgan fingerprint density at radius 3 is 2.80 bits per heavy atom. The molecule has 2 fully saturated rings. The summed E-state index contributed by atoms with van der Waals surface area (Å²) < 4.78 is 0. The topological polar surface area (TPSA) is 15.3 Å². The van der Waals surface area contributed by atoms with Gasteiger partial charge in [-0.15, -0.1) is 0 Å². The molecule has 3 rings (SSSR count). The van der Waals surface area contributed by atoms with Crippen molar-refractivity contribution >= 4 is 11.6 Å². The second-order valence-electron chi connectivity index (χ2n) is 6.72. The van der Waals surface area contributed by atoms with Crippen LogP contribution in [0.15, 0.2) is 24.3 Å². The van der Waals surface area contributed by atoms with Crippen LogP contribution in [-0.4, -0.2) is 30.1 Å². The van der Waals surface area contributed by atoms with Crippen molar-refractivity contribution in [2.24, 2.45) is 11.8 Å². The zero-order chi connectivity index (χ0) is 14.1. The van der Waals surface area contributed by atoms with Crippen LogP contribution in [0.25, 0.3) is 0 Å². The molecule has 2 nitrogen and oxygen atoms in total. The normalized spacial score (nSPS) is 28.0. The number of hydrogen-bond donors (Lipinski definition) is 1. The minimum absolute atomic E-state index is 0.629. The average molecular weight is 293 g/mol. The highest BCUT2D eigenvalue weighted by molar-refractivity contribution is 6.30. The Balaban J connectivity index is 1.71. The van der Waals surface area contributed by atoms with Crippen LogP contribution in [0.5, 0.6) is 0 Å². The second kappa shape index (κ2) is 6.05. The van der Waals surface area contributed by atoms with E-state index in [1.807, 2.05) is 6.07 Å². The molecule has 1 aliphatic heterocycles. The molecule has 1 saturated heterocycles. The number of nitrogens with zero attached hydrogens (tertiary/aromatic N) is 1. The van der Waals surface area contributed by atoms with Gasteiger partial charge in [0.1, 0.15) is 0 Å². The summed E-state index contributed by atoms with van der Waals surface area (Å²) in [6.07, 6.45) is 2.82. The molecule has 0 bridgehead atoms. The minimum atomic E-state index is 0.629. The Morgan fingerprint density at radius 2 is 2.15 bits per heavy atom. The lowest BCUT2D eigenvalue weighted by molar-refractivity contribution is 0.0852. The second-order valence-corrected chi connectivity index (χ2v) is 7.16. The largest absolute Gasteiger partial charge is 0.311 e. The van der Waals surface area contributed by atoms with Gasteiger partial charge in [-0.1, -0.05) is 37.6 Å². The van der Waals surface area contributed by atoms with Gasteiger partial charge in [0.25, 0.3) is 0 Å². The van der Waals surface area contributed by atoms with E-state index in [1.54, 1.807) is 0 Å². The molecule has 20 heavy (non-hydrogen) atoms. The van der Waals surface area contributed by atoms with E-state index in [9.17, 15) is 0 Å². The number of hydrogen-bond acceptors (Lipinski definition) is 2. The first-order valence-corrected chi connectivity index (χ1v) is 8.23. The van der Waals surface area contributed by atoms with Crippen molar-refractivity contribution in [1.82, 2.24) is 10.2 Å². The third-order valence-corrected chi connectivity index (χ3v) is 4.96. The van der Waals surface area contributed by atoms with Crippen LogP contribution in [0.2, 0.25) is 5.02 Å². The van der Waals surface area contributed by atoms with Gasteiger partial charge in [0.05, 0.1) is 0 Å². The molecule has 1 aliphatic carbocycles. The Bertz CT molecular complexity index is 456. The average Bonchev–Trinajstić information content (AvgIpc) is 3.22. The van der Waals surface area contributed by atoms with Crippen molar-refractivity contribution in [1.29, 1.82) is 0 Å². The number of piperazine rings is 1. The summed E-state index contributed by atoms with van der Waals surface area (Å²) in [6, 6.07) is 9.64. The molecule has 1 saturated carbocycles. The van der Waals surface area contributed by atoms with Crippen LogP contribution >= 0.6 is 11.6 Å². The molecule has 2 atom stereocenters. The molecule has 1 heterocycles. The maximum Gasteiger partial charge on any atom is 0.0409 e. The summed E-state index contributed by atoms with van der Waals surface area (Å²) in [7, 11) is 0. The Morgan fingerprint density at radius 1 is 1.35 bits per heavy atom. The molecule has 1 N–H and O–H groups in total. The van der Waals surface area contributed by atoms with Crippen molar-refractivity contribution in [2.75, 3.05) is 13.1 Å². The van der Waals surface area contributed by atoms with E-state index >= 15 is 0 Å². The predicted octanol–water partition coefficient (Wildman–Crippen LogP) is 3.55. The summed E-state index contributed by atoms with van der Waals surface area (Å²) >= 11 is 6.12. The molecule has 0 aromatic heterocycles. The van der Waals surface area contributed by atoms with Crippen molar-refractivity contribution in [3.8, 4) is 0 Å². The lowest BCUT2D eigenvalue weighted by atomic mass is 9.96. The number of benzene rings is 1. The van der Waals surface area contributed by atoms with Crippen molar-refractivity contribution in [3.05, 3.63) is 34.9 Å². The molecule has 0 radical (unpaired) electrons. The summed E-state index contributed by atoms with van der Waals surface area (Å²) in [5.41, 5.74) is 1.33. The fraction of sp³-hybridized carbons (Fsp3) is 0.647. The van der Waals surface area contributed by atoms with Gasteiger partial charge in [-0.05, 0) is 42.4 Å². The molecule has 2 unspecified atom stereocenters. The van der Waals surface area contributed by atoms with E-state index in [1.165, 1.54) is 24.9 Å². The molecule has 0 amide bonds. The van der Waals surface area contributed by atoms with E-state index in [2.05, 4.69) is 42.3 Å². The Labute approximate surface area is 127 Å². The van der Waals surface area contributed by atoms with E-state index in [4.69, 9.17) is 11.6 Å². The quantitative estimate of drug-likeness (QED) is 0.913. The van der Waals surface area contributed by atoms with Gasteiger partial charge in [-0.3, -0.25) is 4.90 Å². The molecule has 1 aromatic carbocycles. The number of nitrogens with one attached hydrogen (secondary N) is 1. The van der Waals surface area contributed by atoms with E-state index in [0.717, 1.165) is 24.0 Å². The van der Waals surface area contributed by atoms with Crippen LogP contribution in [0, 0.1) is 11.8 Å². The first-order chi connectivity index (χ1) is 9.63. The maximum atomic E-state index is 6.12. The van der Waals surface area contributed by atoms with Gasteiger partial charge < -0.3 is 5.32 Å². The minimum Gasteiger partial charge on any atom is -0.311 e. The standard InChI is InChI=1S/C17H25ClN2/c1-12(2)17-9-19-16(14-6-7-14)11-20(17)10-13-4-3-5-15(18)8-13/h3-5,8,12,14,16-17,19H,6-7,9-11H2,1-2H3. The first-order valence-electron chi connectivity index (χ1n) is 7.85. The monoisotopic (exact) mass is 292 g/mol. The zero-order valence-electron chi connectivity index (χ0n) is 12.5. The van der Waals surface area contributed by atoms with Gasteiger partial charge in [-0.25, -0.2) is 0 Å². The van der Waals surface area contributed by atoms with Crippen LogP contribution < -0.4 is 5.32 Å². The highest BCUT2D eigenvalue weighted by atomic mass is 35.5. The lowest BCUT2D eigenvalue weighted by Gasteiger charge is -2.42. The van der Waals surface area contributed by atoms with Crippen molar-refractivity contribution in [2.45, 2.75) is 45.3 Å². The predicted molar refractivity (Wildman–Crippen MR) is 85.0 cm³/mol. The van der Waals surface area contributed by atoms with Crippen LogP contribution in [-0.2, 0) is 6.54 Å². The highest BCUT2D eigenvalue weighted by Crippen LogP contribution is 2.35. The van der Waals surface area contributed by atoms with Crippen LogP contribution in [0.3, 0.4) is 0 Å². The molecular formula is C17H25ClN2. The summed E-state index contributed by atoms with van der Waals surface area (Å²) in [6.45, 7) is 7.98. The van der Waals surface area contributed by atoms with E-state index in [-0.39, 0.29) is 0 Å². The Kier molecular flexibility index (Phi) is 4.34. The van der Waals surface area contributed by atoms with Crippen molar-refractivity contribution < 1.29 is 0 Å². The maximum absolute atomic E-state index is 6.12. The first kappa shape index (κ1) is 14.4. The molecule has 1 aromatic rings. The van der Waals surface area contributed by atoms with E-state index < -0.39 is 0 Å². The van der Waals surface area contributed by atoms with Crippen LogP contribution in [0.4, 0.5) is 0 Å². The molecule has 110 valence electrons. The molecule has 3 heteroatoms. The fourth-order valence-electron chi connectivity index (χ4n) is 3.38. The lowest BCUT2D eigenvalue weighted by Crippen LogP contribution is -2.58. The van der Waals surface area contributed by atoms with Crippen LogP contribution in [0.1, 0.15) is 32.3 Å². The van der Waals surface area contributed by atoms with Gasteiger partial charge >= 0.3 is 0 Å². The van der Waals surface area contributed by atoms with E-state index in [0.29, 0.717) is 18.0 Å². The summed E-state index contributed by atoms with van der Waals surface area (Å²) in [5, 5.41) is 4.62. The summed E-state index contributed by atoms with van der Waals surface area (Å²) in [5.74, 6) is 1.60. The number of rotatable bonds is 4. The molecule has 2 aliphatic rings. The van der Waals surface area contributed by atoms with Gasteiger partial charge in [0.2, 0.25) is 0 Å². The zero-order valence-corrected chi connectivity index (χ0v) is 13.2. The third kappa shape index (κ3) is 3.36. The highest BCUT2D eigenvalue weighted by Gasteiger charge is 2.37. The third-order valence-electron chi connectivity index (χ3n) is 4.72. The SMILES string of the molecule is CC(C)C1CNC(C2CC2)CN1Cc1cccc(Cl)c1. The molecular weight excluding hydrogens is 268 g/mol. The molecule has 0 spiro atoms. The smallest absolute Gasteiger partial charge is 0.0409 e. The van der Waals surface area contributed by atoms with Gasteiger partial charge in [-0.2, -0.15) is 0 Å².